The van der Waals surface area contributed by atoms with Crippen molar-refractivity contribution in [2.45, 2.75) is 51.6 Å². The van der Waals surface area contributed by atoms with Gasteiger partial charge in [-0.15, -0.1) is 0 Å². The van der Waals surface area contributed by atoms with E-state index < -0.39 is 5.54 Å². The summed E-state index contributed by atoms with van der Waals surface area (Å²) in [6.07, 6.45) is 2.89. The van der Waals surface area contributed by atoms with E-state index in [0.29, 0.717) is 13.1 Å². The molecule has 20 heavy (non-hydrogen) atoms. The Morgan fingerprint density at radius 3 is 2.60 bits per heavy atom. The van der Waals surface area contributed by atoms with E-state index in [4.69, 9.17) is 5.73 Å². The number of nitrogens with two attached hydrogens (primary N) is 1. The van der Waals surface area contributed by atoms with E-state index in [1.165, 1.54) is 0 Å². The molecule has 0 bridgehead atoms. The third-order valence-electron chi connectivity index (χ3n) is 5.15. The highest BCUT2D eigenvalue weighted by atomic mass is 16.2. The van der Waals surface area contributed by atoms with Crippen molar-refractivity contribution >= 4 is 11.8 Å². The summed E-state index contributed by atoms with van der Waals surface area (Å²) in [5, 5.41) is 0. The SMILES string of the molecule is CC1C(N)CCCC1C(=O)N1CCN(C)C(=O)C1(C)C. The molecule has 2 amide bonds. The van der Waals surface area contributed by atoms with Gasteiger partial charge < -0.3 is 15.5 Å². The molecule has 1 heterocycles. The van der Waals surface area contributed by atoms with Crippen molar-refractivity contribution in [2.75, 3.05) is 20.1 Å². The first-order valence-corrected chi connectivity index (χ1v) is 7.59. The van der Waals surface area contributed by atoms with Crippen LogP contribution in [0.3, 0.4) is 0 Å². The first-order chi connectivity index (χ1) is 9.26. The highest BCUT2D eigenvalue weighted by Crippen LogP contribution is 2.33. The number of piperazine rings is 1. The molecule has 2 fully saturated rings. The summed E-state index contributed by atoms with van der Waals surface area (Å²) >= 11 is 0. The number of likely N-dealkylation sites (N-methyl/N-ethyl adjacent to an activating group) is 1. The number of hydrogen-bond acceptors (Lipinski definition) is 3. The van der Waals surface area contributed by atoms with Gasteiger partial charge in [-0.2, -0.15) is 0 Å². The van der Waals surface area contributed by atoms with Gasteiger partial charge in [-0.1, -0.05) is 13.3 Å². The lowest BCUT2D eigenvalue weighted by Crippen LogP contribution is -2.65. The summed E-state index contributed by atoms with van der Waals surface area (Å²) in [7, 11) is 1.80. The second-order valence-corrected chi connectivity index (χ2v) is 6.84. The molecule has 3 unspecified atom stereocenters. The topological polar surface area (TPSA) is 66.6 Å². The Hall–Kier alpha value is -1.10. The average Bonchev–Trinajstić information content (AvgIpc) is 2.39. The first kappa shape index (κ1) is 15.3. The molecular weight excluding hydrogens is 254 g/mol. The fraction of sp³-hybridized carbons (Fsp3) is 0.867. The minimum Gasteiger partial charge on any atom is -0.342 e. The summed E-state index contributed by atoms with van der Waals surface area (Å²) in [6, 6.07) is 0.101. The van der Waals surface area contributed by atoms with Crippen molar-refractivity contribution in [3.63, 3.8) is 0 Å². The molecule has 0 aromatic heterocycles. The fourth-order valence-corrected chi connectivity index (χ4v) is 3.55. The Morgan fingerprint density at radius 1 is 1.30 bits per heavy atom. The number of hydrogen-bond donors (Lipinski definition) is 1. The third kappa shape index (κ3) is 2.43. The smallest absolute Gasteiger partial charge is 0.247 e. The molecule has 1 saturated carbocycles. The minimum absolute atomic E-state index is 0.0184. The molecule has 0 radical (unpaired) electrons. The molecule has 2 aliphatic rings. The lowest BCUT2D eigenvalue weighted by atomic mass is 9.76. The van der Waals surface area contributed by atoms with Gasteiger partial charge in [0.25, 0.3) is 0 Å². The van der Waals surface area contributed by atoms with Crippen LogP contribution in [0.1, 0.15) is 40.0 Å². The number of nitrogens with zero attached hydrogens (tertiary/aromatic N) is 2. The van der Waals surface area contributed by atoms with Crippen LogP contribution < -0.4 is 5.73 Å². The second-order valence-electron chi connectivity index (χ2n) is 6.84. The van der Waals surface area contributed by atoms with Crippen molar-refractivity contribution in [3.05, 3.63) is 0 Å². The Balaban J connectivity index is 2.18. The number of carbonyl (C=O) groups excluding carboxylic acids is 2. The van der Waals surface area contributed by atoms with Gasteiger partial charge >= 0.3 is 0 Å². The van der Waals surface area contributed by atoms with Crippen molar-refractivity contribution in [1.82, 2.24) is 9.80 Å². The van der Waals surface area contributed by atoms with Crippen LogP contribution in [-0.2, 0) is 9.59 Å². The highest BCUT2D eigenvalue weighted by molar-refractivity contribution is 5.92. The van der Waals surface area contributed by atoms with Crippen LogP contribution >= 0.6 is 0 Å². The minimum atomic E-state index is -0.745. The molecule has 3 atom stereocenters. The van der Waals surface area contributed by atoms with Crippen LogP contribution in [0.25, 0.3) is 0 Å². The van der Waals surface area contributed by atoms with Gasteiger partial charge in [-0.05, 0) is 32.6 Å². The third-order valence-corrected chi connectivity index (χ3v) is 5.15. The molecule has 5 nitrogen and oxygen atoms in total. The highest BCUT2D eigenvalue weighted by Gasteiger charge is 2.46. The summed E-state index contributed by atoms with van der Waals surface area (Å²) in [5.41, 5.74) is 5.36. The molecule has 114 valence electrons. The van der Waals surface area contributed by atoms with Crippen LogP contribution in [-0.4, -0.2) is 53.3 Å². The molecule has 2 N–H and O–H groups in total. The van der Waals surface area contributed by atoms with Gasteiger partial charge in [-0.25, -0.2) is 0 Å². The molecule has 2 rings (SSSR count). The zero-order chi connectivity index (χ0) is 15.1. The van der Waals surface area contributed by atoms with Crippen molar-refractivity contribution < 1.29 is 9.59 Å². The maximum absolute atomic E-state index is 12.9. The van der Waals surface area contributed by atoms with E-state index in [-0.39, 0.29) is 29.7 Å². The van der Waals surface area contributed by atoms with E-state index in [1.807, 2.05) is 13.8 Å². The van der Waals surface area contributed by atoms with Crippen LogP contribution in [0.5, 0.6) is 0 Å². The lowest BCUT2D eigenvalue weighted by molar-refractivity contribution is -0.161. The molecule has 0 aromatic rings. The van der Waals surface area contributed by atoms with E-state index in [9.17, 15) is 9.59 Å². The fourth-order valence-electron chi connectivity index (χ4n) is 3.55. The normalized spacial score (nSPS) is 34.2. The number of amides is 2. The Kier molecular flexibility index (Phi) is 4.09. The number of rotatable bonds is 1. The molecule has 0 aromatic carbocycles. The predicted molar refractivity (Wildman–Crippen MR) is 77.9 cm³/mol. The molecule has 1 aliphatic heterocycles. The Bertz CT molecular complexity index is 408. The van der Waals surface area contributed by atoms with Gasteiger partial charge in [0.15, 0.2) is 0 Å². The molecular formula is C15H27N3O2. The van der Waals surface area contributed by atoms with Gasteiger partial charge in [0.2, 0.25) is 11.8 Å². The average molecular weight is 281 g/mol. The lowest BCUT2D eigenvalue weighted by Gasteiger charge is -2.47. The zero-order valence-electron chi connectivity index (χ0n) is 13.1. The monoisotopic (exact) mass is 281 g/mol. The van der Waals surface area contributed by atoms with Crippen LogP contribution in [0, 0.1) is 11.8 Å². The van der Waals surface area contributed by atoms with Gasteiger partial charge in [0.05, 0.1) is 0 Å². The van der Waals surface area contributed by atoms with E-state index in [2.05, 4.69) is 6.92 Å². The largest absolute Gasteiger partial charge is 0.342 e. The predicted octanol–water partition coefficient (Wildman–Crippen LogP) is 0.829. The molecule has 0 spiro atoms. The van der Waals surface area contributed by atoms with Gasteiger partial charge in [0, 0.05) is 32.1 Å². The van der Waals surface area contributed by atoms with Crippen LogP contribution in [0.15, 0.2) is 0 Å². The van der Waals surface area contributed by atoms with E-state index in [0.717, 1.165) is 19.3 Å². The van der Waals surface area contributed by atoms with Gasteiger partial charge in [0.1, 0.15) is 5.54 Å². The van der Waals surface area contributed by atoms with E-state index >= 15 is 0 Å². The molecule has 1 saturated heterocycles. The molecule has 5 heteroatoms. The first-order valence-electron chi connectivity index (χ1n) is 7.59. The quantitative estimate of drug-likeness (QED) is 0.774. The van der Waals surface area contributed by atoms with E-state index in [1.54, 1.807) is 16.8 Å². The van der Waals surface area contributed by atoms with Crippen molar-refractivity contribution in [3.8, 4) is 0 Å². The van der Waals surface area contributed by atoms with Crippen LogP contribution in [0.4, 0.5) is 0 Å². The zero-order valence-corrected chi connectivity index (χ0v) is 13.1. The summed E-state index contributed by atoms with van der Waals surface area (Å²) in [6.45, 7) is 6.98. The number of carbonyl (C=O) groups is 2. The Labute approximate surface area is 121 Å². The van der Waals surface area contributed by atoms with Crippen LogP contribution in [0.2, 0.25) is 0 Å². The maximum atomic E-state index is 12.9. The summed E-state index contributed by atoms with van der Waals surface area (Å²) < 4.78 is 0. The Morgan fingerprint density at radius 2 is 1.95 bits per heavy atom. The second kappa shape index (κ2) is 5.35. The standard InChI is InChI=1S/C15H27N3O2/c1-10-11(6-5-7-12(10)16)13(19)18-9-8-17(4)14(20)15(18,2)3/h10-12H,5-9,16H2,1-4H3. The molecule has 1 aliphatic carbocycles. The summed E-state index contributed by atoms with van der Waals surface area (Å²) in [5.74, 6) is 0.292. The van der Waals surface area contributed by atoms with Gasteiger partial charge in [-0.3, -0.25) is 9.59 Å². The van der Waals surface area contributed by atoms with Crippen molar-refractivity contribution in [2.24, 2.45) is 17.6 Å². The maximum Gasteiger partial charge on any atom is 0.247 e. The summed E-state index contributed by atoms with van der Waals surface area (Å²) in [4.78, 5) is 28.7. The van der Waals surface area contributed by atoms with Crippen molar-refractivity contribution in [1.29, 1.82) is 0 Å².